The van der Waals surface area contributed by atoms with Crippen LogP contribution in [0.25, 0.3) is 0 Å². The lowest BCUT2D eigenvalue weighted by atomic mass is 10.0. The van der Waals surface area contributed by atoms with Crippen molar-refractivity contribution in [2.75, 3.05) is 36.7 Å². The second-order valence-electron chi connectivity index (χ2n) is 7.46. The van der Waals surface area contributed by atoms with Crippen molar-refractivity contribution >= 4 is 39.0 Å². The maximum atomic E-state index is 12.9. The van der Waals surface area contributed by atoms with Crippen molar-refractivity contribution in [3.63, 3.8) is 0 Å². The maximum absolute atomic E-state index is 12.9. The van der Waals surface area contributed by atoms with Crippen molar-refractivity contribution < 1.29 is 32.3 Å². The number of rotatable bonds is 9. The van der Waals surface area contributed by atoms with Crippen LogP contribution in [-0.4, -0.2) is 53.5 Å². The lowest BCUT2D eigenvalue weighted by Gasteiger charge is -2.22. The standard InChI is InChI=1S/C23H28N2O7S/c1-15-13-22(32-5)19(14-21(15)31-4)20(27)11-12-23(28)25(33(6,29)30)18-9-7-17(8-10-18)24(3)16(2)26/h7-10,13-14H,11-12H2,1-6H3. The number of carbonyl (C=O) groups is 3. The predicted octanol–water partition coefficient (Wildman–Crippen LogP) is 2.95. The van der Waals surface area contributed by atoms with Gasteiger partial charge in [-0.25, -0.2) is 12.7 Å². The summed E-state index contributed by atoms with van der Waals surface area (Å²) in [6.45, 7) is 3.21. The van der Waals surface area contributed by atoms with Crippen LogP contribution in [-0.2, 0) is 19.6 Å². The normalized spacial score (nSPS) is 11.0. The average Bonchev–Trinajstić information content (AvgIpc) is 2.76. The van der Waals surface area contributed by atoms with Gasteiger partial charge < -0.3 is 14.4 Å². The Balaban J connectivity index is 2.25. The quantitative estimate of drug-likeness (QED) is 0.512. The highest BCUT2D eigenvalue weighted by Gasteiger charge is 2.26. The summed E-state index contributed by atoms with van der Waals surface area (Å²) in [6.07, 6.45) is 0.356. The number of ether oxygens (including phenoxy) is 2. The number of methoxy groups -OCH3 is 2. The molecule has 0 N–H and O–H groups in total. The van der Waals surface area contributed by atoms with Crippen LogP contribution in [0.5, 0.6) is 11.5 Å². The molecule has 0 atom stereocenters. The number of benzene rings is 2. The molecule has 9 nitrogen and oxygen atoms in total. The van der Waals surface area contributed by atoms with Crippen LogP contribution in [0.1, 0.15) is 35.7 Å². The van der Waals surface area contributed by atoms with Crippen molar-refractivity contribution in [3.8, 4) is 11.5 Å². The van der Waals surface area contributed by atoms with Gasteiger partial charge in [0, 0.05) is 32.5 Å². The number of anilines is 2. The Labute approximate surface area is 193 Å². The first-order valence-corrected chi connectivity index (χ1v) is 11.9. The first kappa shape index (κ1) is 25.9. The number of sulfonamides is 1. The van der Waals surface area contributed by atoms with Gasteiger partial charge >= 0.3 is 0 Å². The number of amides is 2. The number of ketones is 1. The highest BCUT2D eigenvalue weighted by atomic mass is 32.2. The van der Waals surface area contributed by atoms with Crippen LogP contribution in [0.2, 0.25) is 0 Å². The Kier molecular flexibility index (Phi) is 8.21. The molecule has 0 aliphatic carbocycles. The van der Waals surface area contributed by atoms with Crippen LogP contribution in [0.3, 0.4) is 0 Å². The predicted molar refractivity (Wildman–Crippen MR) is 126 cm³/mol. The van der Waals surface area contributed by atoms with Gasteiger partial charge in [-0.3, -0.25) is 14.4 Å². The molecule has 0 aromatic heterocycles. The number of Topliss-reactive ketones (excluding diaryl/α,β-unsaturated/α-hetero) is 1. The first-order valence-electron chi connectivity index (χ1n) is 10.0. The van der Waals surface area contributed by atoms with Gasteiger partial charge in [0.2, 0.25) is 21.8 Å². The van der Waals surface area contributed by atoms with Gasteiger partial charge in [0.1, 0.15) is 11.5 Å². The number of aryl methyl sites for hydroxylation is 1. The van der Waals surface area contributed by atoms with Crippen LogP contribution < -0.4 is 18.7 Å². The average molecular weight is 477 g/mol. The Morgan fingerprint density at radius 1 is 0.909 bits per heavy atom. The summed E-state index contributed by atoms with van der Waals surface area (Å²) in [6, 6.07) is 9.15. The Hall–Kier alpha value is -3.40. The molecular weight excluding hydrogens is 448 g/mol. The number of carbonyl (C=O) groups excluding carboxylic acids is 3. The molecule has 2 amide bonds. The third kappa shape index (κ3) is 6.10. The number of hydrogen-bond donors (Lipinski definition) is 0. The molecule has 2 aromatic carbocycles. The van der Waals surface area contributed by atoms with Crippen molar-refractivity contribution in [1.29, 1.82) is 0 Å². The zero-order valence-corrected chi connectivity index (χ0v) is 20.4. The van der Waals surface area contributed by atoms with Gasteiger partial charge in [0.15, 0.2) is 5.78 Å². The molecule has 0 saturated heterocycles. The van der Waals surface area contributed by atoms with E-state index in [-0.39, 0.29) is 35.8 Å². The zero-order chi connectivity index (χ0) is 24.9. The molecule has 33 heavy (non-hydrogen) atoms. The van der Waals surface area contributed by atoms with Gasteiger partial charge in [-0.2, -0.15) is 0 Å². The van der Waals surface area contributed by atoms with E-state index in [1.54, 1.807) is 19.2 Å². The van der Waals surface area contributed by atoms with E-state index in [2.05, 4.69) is 0 Å². The van der Waals surface area contributed by atoms with Crippen molar-refractivity contribution in [2.24, 2.45) is 0 Å². The molecule has 2 rings (SSSR count). The minimum absolute atomic E-state index is 0.116. The lowest BCUT2D eigenvalue weighted by molar-refractivity contribution is -0.117. The van der Waals surface area contributed by atoms with Crippen LogP contribution in [0.15, 0.2) is 36.4 Å². The SMILES string of the molecule is COc1cc(C(=O)CCC(=O)N(c2ccc(N(C)C(C)=O)cc2)S(C)(=O)=O)c(OC)cc1C. The largest absolute Gasteiger partial charge is 0.496 e. The molecule has 0 radical (unpaired) electrons. The lowest BCUT2D eigenvalue weighted by Crippen LogP contribution is -2.36. The zero-order valence-electron chi connectivity index (χ0n) is 19.5. The molecule has 0 aliphatic rings. The van der Waals surface area contributed by atoms with Gasteiger partial charge in [-0.15, -0.1) is 0 Å². The smallest absolute Gasteiger partial charge is 0.241 e. The first-order chi connectivity index (χ1) is 15.4. The van der Waals surface area contributed by atoms with E-state index in [9.17, 15) is 22.8 Å². The van der Waals surface area contributed by atoms with Crippen molar-refractivity contribution in [1.82, 2.24) is 0 Å². The molecule has 178 valence electrons. The van der Waals surface area contributed by atoms with E-state index in [0.29, 0.717) is 21.5 Å². The van der Waals surface area contributed by atoms with Gasteiger partial charge in [-0.05, 0) is 48.9 Å². The third-order valence-electron chi connectivity index (χ3n) is 5.09. The molecule has 0 saturated carbocycles. The Bertz CT molecular complexity index is 1160. The van der Waals surface area contributed by atoms with Crippen molar-refractivity contribution in [2.45, 2.75) is 26.7 Å². The van der Waals surface area contributed by atoms with E-state index in [0.717, 1.165) is 11.8 Å². The molecule has 0 aliphatic heterocycles. The fraction of sp³-hybridized carbons (Fsp3) is 0.348. The van der Waals surface area contributed by atoms with Crippen LogP contribution in [0.4, 0.5) is 11.4 Å². The molecule has 0 heterocycles. The summed E-state index contributed by atoms with van der Waals surface area (Å²) >= 11 is 0. The summed E-state index contributed by atoms with van der Waals surface area (Å²) in [5, 5.41) is 0. The second kappa shape index (κ2) is 10.5. The fourth-order valence-electron chi connectivity index (χ4n) is 3.24. The summed E-state index contributed by atoms with van der Waals surface area (Å²) in [4.78, 5) is 38.6. The van der Waals surface area contributed by atoms with E-state index in [1.165, 1.54) is 50.3 Å². The molecule has 2 aromatic rings. The maximum Gasteiger partial charge on any atom is 0.241 e. The number of hydrogen-bond acceptors (Lipinski definition) is 7. The van der Waals surface area contributed by atoms with E-state index in [1.807, 2.05) is 6.92 Å². The van der Waals surface area contributed by atoms with Gasteiger partial charge in [0.25, 0.3) is 0 Å². The third-order valence-corrected chi connectivity index (χ3v) is 6.16. The van der Waals surface area contributed by atoms with E-state index in [4.69, 9.17) is 9.47 Å². The molecular formula is C23H28N2O7S. The van der Waals surface area contributed by atoms with Crippen molar-refractivity contribution in [3.05, 3.63) is 47.5 Å². The minimum Gasteiger partial charge on any atom is -0.496 e. The van der Waals surface area contributed by atoms with E-state index < -0.39 is 15.9 Å². The Morgan fingerprint density at radius 2 is 1.45 bits per heavy atom. The molecule has 10 heteroatoms. The van der Waals surface area contributed by atoms with E-state index >= 15 is 0 Å². The summed E-state index contributed by atoms with van der Waals surface area (Å²) in [5.41, 5.74) is 1.69. The summed E-state index contributed by atoms with van der Waals surface area (Å²) in [7, 11) is 0.534. The monoisotopic (exact) mass is 476 g/mol. The highest BCUT2D eigenvalue weighted by Crippen LogP contribution is 2.30. The van der Waals surface area contributed by atoms with Crippen LogP contribution in [0, 0.1) is 6.92 Å². The summed E-state index contributed by atoms with van der Waals surface area (Å²) < 4.78 is 35.9. The molecule has 0 unspecified atom stereocenters. The topological polar surface area (TPSA) is 110 Å². The molecule has 0 bridgehead atoms. The Morgan fingerprint density at radius 3 is 1.94 bits per heavy atom. The van der Waals surface area contributed by atoms with Gasteiger partial charge in [-0.1, -0.05) is 0 Å². The fourth-order valence-corrected chi connectivity index (χ4v) is 4.20. The molecule has 0 fully saturated rings. The van der Waals surface area contributed by atoms with Gasteiger partial charge in [0.05, 0.1) is 31.7 Å². The minimum atomic E-state index is -3.96. The van der Waals surface area contributed by atoms with Crippen LogP contribution >= 0.6 is 0 Å². The number of nitrogens with zero attached hydrogens (tertiary/aromatic N) is 2. The second-order valence-corrected chi connectivity index (χ2v) is 9.29. The summed E-state index contributed by atoms with van der Waals surface area (Å²) in [5.74, 6) is -0.489. The highest BCUT2D eigenvalue weighted by molar-refractivity contribution is 7.92. The molecule has 0 spiro atoms.